The van der Waals surface area contributed by atoms with Crippen molar-refractivity contribution in [3.63, 3.8) is 0 Å². The van der Waals surface area contributed by atoms with E-state index in [9.17, 15) is 0 Å². The van der Waals surface area contributed by atoms with Crippen LogP contribution in [0, 0.1) is 6.92 Å². The molecule has 0 aliphatic rings. The van der Waals surface area contributed by atoms with Crippen molar-refractivity contribution in [1.82, 2.24) is 0 Å². The lowest BCUT2D eigenvalue weighted by Gasteiger charge is -2.28. The number of aliphatic hydroxyl groups is 1. The molecule has 0 amide bonds. The average molecular weight is 194 g/mol. The van der Waals surface area contributed by atoms with Gasteiger partial charge in [-0.1, -0.05) is 12.1 Å². The Bertz CT molecular complexity index is 288. The van der Waals surface area contributed by atoms with Gasteiger partial charge in [0, 0.05) is 12.2 Å². The van der Waals surface area contributed by atoms with E-state index in [1.165, 1.54) is 5.56 Å². The molecule has 0 radical (unpaired) electrons. The van der Waals surface area contributed by atoms with Gasteiger partial charge in [0.05, 0.1) is 6.61 Å². The number of likely N-dealkylation sites (N-methyl/N-ethyl adjacent to an activating group) is 1. The highest BCUT2D eigenvalue weighted by Crippen LogP contribution is 2.16. The van der Waals surface area contributed by atoms with E-state index in [2.05, 4.69) is 6.07 Å². The van der Waals surface area contributed by atoms with Gasteiger partial charge < -0.3 is 15.7 Å². The molecule has 0 spiro atoms. The standard InChI is InChI=1S/C11H18N2O/c1-3-13(11(12)8-14)10-6-4-5-9(2)7-10/h4-7,11,14H,3,8,12H2,1-2H3. The van der Waals surface area contributed by atoms with Gasteiger partial charge in [0.25, 0.3) is 0 Å². The number of rotatable bonds is 4. The van der Waals surface area contributed by atoms with Gasteiger partial charge >= 0.3 is 0 Å². The van der Waals surface area contributed by atoms with Crippen LogP contribution in [0.2, 0.25) is 0 Å². The van der Waals surface area contributed by atoms with Crippen molar-refractivity contribution in [2.24, 2.45) is 5.73 Å². The molecular weight excluding hydrogens is 176 g/mol. The molecule has 0 heterocycles. The quantitative estimate of drug-likeness (QED) is 0.706. The van der Waals surface area contributed by atoms with Crippen molar-refractivity contribution in [2.45, 2.75) is 20.0 Å². The highest BCUT2D eigenvalue weighted by Gasteiger charge is 2.11. The van der Waals surface area contributed by atoms with Crippen molar-refractivity contribution in [2.75, 3.05) is 18.1 Å². The summed E-state index contributed by atoms with van der Waals surface area (Å²) in [7, 11) is 0. The number of nitrogens with zero attached hydrogens (tertiary/aromatic N) is 1. The van der Waals surface area contributed by atoms with E-state index in [1.807, 2.05) is 36.9 Å². The van der Waals surface area contributed by atoms with Crippen molar-refractivity contribution >= 4 is 5.69 Å². The Kier molecular flexibility index (Phi) is 3.92. The van der Waals surface area contributed by atoms with Crippen LogP contribution in [0.1, 0.15) is 12.5 Å². The monoisotopic (exact) mass is 194 g/mol. The first-order valence-electron chi connectivity index (χ1n) is 4.88. The van der Waals surface area contributed by atoms with Gasteiger partial charge in [-0.2, -0.15) is 0 Å². The summed E-state index contributed by atoms with van der Waals surface area (Å²) < 4.78 is 0. The Morgan fingerprint density at radius 1 is 1.50 bits per heavy atom. The molecule has 0 bridgehead atoms. The summed E-state index contributed by atoms with van der Waals surface area (Å²) in [5.74, 6) is 0. The molecule has 0 aliphatic heterocycles. The summed E-state index contributed by atoms with van der Waals surface area (Å²) >= 11 is 0. The molecule has 3 nitrogen and oxygen atoms in total. The first kappa shape index (κ1) is 11.0. The minimum atomic E-state index is -0.318. The minimum absolute atomic E-state index is 0.0260. The van der Waals surface area contributed by atoms with Crippen LogP contribution < -0.4 is 10.6 Å². The van der Waals surface area contributed by atoms with Gasteiger partial charge in [0.1, 0.15) is 6.17 Å². The highest BCUT2D eigenvalue weighted by molar-refractivity contribution is 5.49. The Morgan fingerprint density at radius 3 is 2.71 bits per heavy atom. The molecule has 1 unspecified atom stereocenters. The molecule has 0 aliphatic carbocycles. The Labute approximate surface area is 85.2 Å². The summed E-state index contributed by atoms with van der Waals surface area (Å²) in [6.07, 6.45) is -0.318. The Balaban J connectivity index is 2.89. The molecule has 0 aromatic heterocycles. The molecule has 78 valence electrons. The SMILES string of the molecule is CCN(c1cccc(C)c1)C(N)CO. The first-order valence-corrected chi connectivity index (χ1v) is 4.88. The zero-order valence-electron chi connectivity index (χ0n) is 8.77. The van der Waals surface area contributed by atoms with Crippen LogP contribution in [0.3, 0.4) is 0 Å². The maximum absolute atomic E-state index is 9.00. The lowest BCUT2D eigenvalue weighted by atomic mass is 10.2. The van der Waals surface area contributed by atoms with E-state index in [0.29, 0.717) is 0 Å². The smallest absolute Gasteiger partial charge is 0.101 e. The summed E-state index contributed by atoms with van der Waals surface area (Å²) in [6.45, 7) is 4.84. The van der Waals surface area contributed by atoms with Crippen LogP contribution >= 0.6 is 0 Å². The molecule has 1 aromatic carbocycles. The van der Waals surface area contributed by atoms with Gasteiger partial charge in [-0.05, 0) is 31.5 Å². The molecule has 3 N–H and O–H groups in total. The number of aryl methyl sites for hydroxylation is 1. The van der Waals surface area contributed by atoms with Crippen molar-refractivity contribution in [3.05, 3.63) is 29.8 Å². The van der Waals surface area contributed by atoms with E-state index in [4.69, 9.17) is 10.8 Å². The van der Waals surface area contributed by atoms with Crippen molar-refractivity contribution < 1.29 is 5.11 Å². The molecule has 0 saturated carbocycles. The maximum atomic E-state index is 9.00. The van der Waals surface area contributed by atoms with Crippen LogP contribution in [-0.4, -0.2) is 24.4 Å². The Morgan fingerprint density at radius 2 is 2.21 bits per heavy atom. The minimum Gasteiger partial charge on any atom is -0.393 e. The molecule has 0 saturated heterocycles. The normalized spacial score (nSPS) is 12.6. The second-order valence-corrected chi connectivity index (χ2v) is 3.37. The van der Waals surface area contributed by atoms with Gasteiger partial charge in [-0.15, -0.1) is 0 Å². The fourth-order valence-corrected chi connectivity index (χ4v) is 1.51. The number of hydrogen-bond donors (Lipinski definition) is 2. The van der Waals surface area contributed by atoms with Crippen molar-refractivity contribution in [1.29, 1.82) is 0 Å². The molecule has 1 rings (SSSR count). The molecule has 1 aromatic rings. The third-order valence-corrected chi connectivity index (χ3v) is 2.26. The van der Waals surface area contributed by atoms with E-state index in [1.54, 1.807) is 0 Å². The fourth-order valence-electron chi connectivity index (χ4n) is 1.51. The average Bonchev–Trinajstić information content (AvgIpc) is 2.19. The van der Waals surface area contributed by atoms with Crippen LogP contribution in [0.4, 0.5) is 5.69 Å². The maximum Gasteiger partial charge on any atom is 0.101 e. The largest absolute Gasteiger partial charge is 0.393 e. The molecule has 3 heteroatoms. The molecule has 0 fully saturated rings. The second kappa shape index (κ2) is 4.98. The van der Waals surface area contributed by atoms with E-state index in [-0.39, 0.29) is 12.8 Å². The van der Waals surface area contributed by atoms with Crippen LogP contribution in [0.25, 0.3) is 0 Å². The molecular formula is C11H18N2O. The Hall–Kier alpha value is -1.06. The van der Waals surface area contributed by atoms with Crippen LogP contribution in [-0.2, 0) is 0 Å². The van der Waals surface area contributed by atoms with E-state index < -0.39 is 0 Å². The number of hydrogen-bond acceptors (Lipinski definition) is 3. The van der Waals surface area contributed by atoms with E-state index in [0.717, 1.165) is 12.2 Å². The van der Waals surface area contributed by atoms with Gasteiger partial charge in [0.2, 0.25) is 0 Å². The lowest BCUT2D eigenvalue weighted by molar-refractivity contribution is 0.262. The van der Waals surface area contributed by atoms with Crippen LogP contribution in [0.15, 0.2) is 24.3 Å². The van der Waals surface area contributed by atoms with Gasteiger partial charge in [0.15, 0.2) is 0 Å². The fraction of sp³-hybridized carbons (Fsp3) is 0.455. The predicted octanol–water partition coefficient (Wildman–Crippen LogP) is 1.10. The number of nitrogens with two attached hydrogens (primary N) is 1. The number of benzene rings is 1. The summed E-state index contributed by atoms with van der Waals surface area (Å²) in [5.41, 5.74) is 8.05. The third kappa shape index (κ3) is 2.47. The number of anilines is 1. The van der Waals surface area contributed by atoms with Crippen LogP contribution in [0.5, 0.6) is 0 Å². The first-order chi connectivity index (χ1) is 6.69. The second-order valence-electron chi connectivity index (χ2n) is 3.37. The van der Waals surface area contributed by atoms with Gasteiger partial charge in [-0.3, -0.25) is 0 Å². The number of aliphatic hydroxyl groups excluding tert-OH is 1. The third-order valence-electron chi connectivity index (χ3n) is 2.26. The lowest BCUT2D eigenvalue weighted by Crippen LogP contribution is -2.44. The summed E-state index contributed by atoms with van der Waals surface area (Å²) in [5, 5.41) is 9.00. The predicted molar refractivity (Wildman–Crippen MR) is 59.3 cm³/mol. The van der Waals surface area contributed by atoms with Gasteiger partial charge in [-0.25, -0.2) is 0 Å². The zero-order valence-corrected chi connectivity index (χ0v) is 8.77. The summed E-state index contributed by atoms with van der Waals surface area (Å²) in [4.78, 5) is 1.98. The summed E-state index contributed by atoms with van der Waals surface area (Å²) in [6, 6.07) is 8.12. The molecule has 14 heavy (non-hydrogen) atoms. The topological polar surface area (TPSA) is 49.5 Å². The zero-order chi connectivity index (χ0) is 10.6. The molecule has 1 atom stereocenters. The van der Waals surface area contributed by atoms with Crippen molar-refractivity contribution in [3.8, 4) is 0 Å². The van der Waals surface area contributed by atoms with E-state index >= 15 is 0 Å². The highest BCUT2D eigenvalue weighted by atomic mass is 16.3.